The molecule has 104 valence electrons. The monoisotopic (exact) mass is 296 g/mol. The van der Waals surface area contributed by atoms with Gasteiger partial charge in [-0.25, -0.2) is 13.8 Å². The molecule has 0 bridgehead atoms. The number of rotatable bonds is 3. The van der Waals surface area contributed by atoms with Gasteiger partial charge in [0, 0.05) is 6.20 Å². The molecule has 0 saturated heterocycles. The van der Waals surface area contributed by atoms with Gasteiger partial charge < -0.3 is 5.32 Å². The van der Waals surface area contributed by atoms with Crippen molar-refractivity contribution in [3.05, 3.63) is 58.4 Å². The van der Waals surface area contributed by atoms with Crippen LogP contribution in [0.3, 0.4) is 0 Å². The van der Waals surface area contributed by atoms with E-state index >= 15 is 0 Å². The van der Waals surface area contributed by atoms with Crippen LogP contribution < -0.4 is 5.32 Å². The number of nitrogens with one attached hydrogen (secondary N) is 1. The minimum absolute atomic E-state index is 0.0819. The van der Waals surface area contributed by atoms with Crippen molar-refractivity contribution < 1.29 is 13.6 Å². The standard InChI is InChI=1S/C14H11ClF2N2O/c1-8-4-12(14(15)18-7-8)19-13(20)6-9-2-3-10(16)11(17)5-9/h2-5,7H,6H2,1H3,(H,19,20). The Labute approximate surface area is 119 Å². The van der Waals surface area contributed by atoms with Crippen molar-refractivity contribution in [3.63, 3.8) is 0 Å². The lowest BCUT2D eigenvalue weighted by molar-refractivity contribution is -0.115. The normalized spacial score (nSPS) is 10.4. The fourth-order valence-corrected chi connectivity index (χ4v) is 1.82. The molecule has 3 nitrogen and oxygen atoms in total. The summed E-state index contributed by atoms with van der Waals surface area (Å²) in [6.07, 6.45) is 1.49. The lowest BCUT2D eigenvalue weighted by atomic mass is 10.1. The summed E-state index contributed by atoms with van der Waals surface area (Å²) >= 11 is 5.85. The zero-order valence-electron chi connectivity index (χ0n) is 10.6. The SMILES string of the molecule is Cc1cnc(Cl)c(NC(=O)Cc2ccc(F)c(F)c2)c1. The third-order valence-corrected chi connectivity index (χ3v) is 2.90. The van der Waals surface area contributed by atoms with Crippen LogP contribution in [0, 0.1) is 18.6 Å². The summed E-state index contributed by atoms with van der Waals surface area (Å²) < 4.78 is 25.8. The van der Waals surface area contributed by atoms with Gasteiger partial charge in [-0.2, -0.15) is 0 Å². The Morgan fingerprint density at radius 1 is 1.30 bits per heavy atom. The second kappa shape index (κ2) is 5.96. The summed E-state index contributed by atoms with van der Waals surface area (Å²) in [4.78, 5) is 15.7. The van der Waals surface area contributed by atoms with Crippen molar-refractivity contribution in [2.45, 2.75) is 13.3 Å². The number of hydrogen-bond acceptors (Lipinski definition) is 2. The number of pyridine rings is 1. The molecule has 1 amide bonds. The Hall–Kier alpha value is -2.01. The number of amides is 1. The molecule has 0 spiro atoms. The van der Waals surface area contributed by atoms with E-state index in [0.29, 0.717) is 11.3 Å². The Kier molecular flexibility index (Phi) is 4.29. The molecule has 0 aliphatic carbocycles. The molecule has 0 saturated carbocycles. The van der Waals surface area contributed by atoms with Crippen LogP contribution in [0.4, 0.5) is 14.5 Å². The van der Waals surface area contributed by atoms with Gasteiger partial charge in [0.25, 0.3) is 0 Å². The van der Waals surface area contributed by atoms with E-state index in [9.17, 15) is 13.6 Å². The van der Waals surface area contributed by atoms with Crippen LogP contribution in [-0.4, -0.2) is 10.9 Å². The minimum Gasteiger partial charge on any atom is -0.323 e. The zero-order chi connectivity index (χ0) is 14.7. The zero-order valence-corrected chi connectivity index (χ0v) is 11.3. The van der Waals surface area contributed by atoms with Crippen molar-refractivity contribution in [2.75, 3.05) is 5.32 Å². The van der Waals surface area contributed by atoms with Gasteiger partial charge in [0.05, 0.1) is 12.1 Å². The summed E-state index contributed by atoms with van der Waals surface area (Å²) in [5.74, 6) is -2.31. The van der Waals surface area contributed by atoms with Crippen LogP contribution in [0.15, 0.2) is 30.5 Å². The number of nitrogens with zero attached hydrogens (tertiary/aromatic N) is 1. The number of anilines is 1. The molecule has 1 N–H and O–H groups in total. The van der Waals surface area contributed by atoms with E-state index in [1.807, 2.05) is 6.92 Å². The molecule has 0 aliphatic heterocycles. The van der Waals surface area contributed by atoms with Crippen LogP contribution in [0.5, 0.6) is 0 Å². The largest absolute Gasteiger partial charge is 0.323 e. The van der Waals surface area contributed by atoms with Crippen LogP contribution >= 0.6 is 11.6 Å². The molecular weight excluding hydrogens is 286 g/mol. The van der Waals surface area contributed by atoms with Crippen molar-refractivity contribution in [1.82, 2.24) is 4.98 Å². The predicted molar refractivity (Wildman–Crippen MR) is 72.7 cm³/mol. The van der Waals surface area contributed by atoms with E-state index in [1.54, 1.807) is 12.3 Å². The smallest absolute Gasteiger partial charge is 0.228 e. The molecule has 0 aliphatic rings. The number of halogens is 3. The van der Waals surface area contributed by atoms with Crippen LogP contribution in [0.1, 0.15) is 11.1 Å². The van der Waals surface area contributed by atoms with E-state index in [0.717, 1.165) is 17.7 Å². The third kappa shape index (κ3) is 3.51. The molecule has 0 unspecified atom stereocenters. The van der Waals surface area contributed by atoms with Crippen LogP contribution in [0.2, 0.25) is 5.15 Å². The summed E-state index contributed by atoms with van der Waals surface area (Å²) in [7, 11) is 0. The number of aromatic nitrogens is 1. The van der Waals surface area contributed by atoms with E-state index in [1.165, 1.54) is 6.07 Å². The van der Waals surface area contributed by atoms with Gasteiger partial charge in [-0.3, -0.25) is 4.79 Å². The molecule has 0 atom stereocenters. The highest BCUT2D eigenvalue weighted by Gasteiger charge is 2.10. The Morgan fingerprint density at radius 3 is 2.75 bits per heavy atom. The van der Waals surface area contributed by atoms with Crippen molar-refractivity contribution >= 4 is 23.2 Å². The van der Waals surface area contributed by atoms with Crippen molar-refractivity contribution in [2.24, 2.45) is 0 Å². The van der Waals surface area contributed by atoms with Crippen LogP contribution in [-0.2, 0) is 11.2 Å². The molecule has 1 aromatic carbocycles. The summed E-state index contributed by atoms with van der Waals surface area (Å²) in [6, 6.07) is 5.01. The third-order valence-electron chi connectivity index (χ3n) is 2.60. The van der Waals surface area contributed by atoms with E-state index < -0.39 is 11.6 Å². The second-order valence-corrected chi connectivity index (χ2v) is 4.68. The quantitative estimate of drug-likeness (QED) is 0.881. The van der Waals surface area contributed by atoms with Gasteiger partial charge in [-0.05, 0) is 36.2 Å². The number of carbonyl (C=O) groups is 1. The maximum Gasteiger partial charge on any atom is 0.228 e. The van der Waals surface area contributed by atoms with Gasteiger partial charge in [-0.1, -0.05) is 17.7 Å². The Balaban J connectivity index is 2.09. The average Bonchev–Trinajstić information content (AvgIpc) is 2.38. The lowest BCUT2D eigenvalue weighted by Crippen LogP contribution is -2.15. The summed E-state index contributed by atoms with van der Waals surface area (Å²) in [5.41, 5.74) is 1.61. The molecule has 6 heteroatoms. The lowest BCUT2D eigenvalue weighted by Gasteiger charge is -2.07. The first kappa shape index (κ1) is 14.4. The van der Waals surface area contributed by atoms with Gasteiger partial charge in [0.1, 0.15) is 0 Å². The summed E-state index contributed by atoms with van der Waals surface area (Å²) in [6.45, 7) is 1.81. The first-order valence-corrected chi connectivity index (χ1v) is 6.19. The molecular formula is C14H11ClF2N2O. The van der Waals surface area contributed by atoms with Gasteiger partial charge >= 0.3 is 0 Å². The maximum atomic E-state index is 13.0. The highest BCUT2D eigenvalue weighted by atomic mass is 35.5. The number of benzene rings is 1. The summed E-state index contributed by atoms with van der Waals surface area (Å²) in [5, 5.41) is 2.76. The Morgan fingerprint density at radius 2 is 2.05 bits per heavy atom. The molecule has 20 heavy (non-hydrogen) atoms. The fraction of sp³-hybridized carbons (Fsp3) is 0.143. The molecule has 1 aromatic heterocycles. The maximum absolute atomic E-state index is 13.0. The first-order chi connectivity index (χ1) is 9.45. The molecule has 0 fully saturated rings. The van der Waals surface area contributed by atoms with Crippen LogP contribution in [0.25, 0.3) is 0 Å². The van der Waals surface area contributed by atoms with E-state index in [4.69, 9.17) is 11.6 Å². The van der Waals surface area contributed by atoms with Crippen molar-refractivity contribution in [1.29, 1.82) is 0 Å². The molecule has 1 heterocycles. The van der Waals surface area contributed by atoms with Gasteiger partial charge in [0.2, 0.25) is 5.91 Å². The van der Waals surface area contributed by atoms with Crippen molar-refractivity contribution in [3.8, 4) is 0 Å². The topological polar surface area (TPSA) is 42.0 Å². The number of aryl methyl sites for hydroxylation is 1. The predicted octanol–water partition coefficient (Wildman–Crippen LogP) is 3.50. The second-order valence-electron chi connectivity index (χ2n) is 4.32. The molecule has 2 rings (SSSR count). The highest BCUT2D eigenvalue weighted by Crippen LogP contribution is 2.20. The highest BCUT2D eigenvalue weighted by molar-refractivity contribution is 6.32. The number of hydrogen-bond donors (Lipinski definition) is 1. The van der Waals surface area contributed by atoms with Gasteiger partial charge in [0.15, 0.2) is 16.8 Å². The molecule has 2 aromatic rings. The van der Waals surface area contributed by atoms with Gasteiger partial charge in [-0.15, -0.1) is 0 Å². The average molecular weight is 297 g/mol. The number of carbonyl (C=O) groups excluding carboxylic acids is 1. The fourth-order valence-electron chi connectivity index (χ4n) is 1.67. The molecule has 0 radical (unpaired) electrons. The van der Waals surface area contributed by atoms with E-state index in [2.05, 4.69) is 10.3 Å². The first-order valence-electron chi connectivity index (χ1n) is 5.81. The Bertz CT molecular complexity index is 662. The van der Waals surface area contributed by atoms with E-state index in [-0.39, 0.29) is 17.5 Å². The minimum atomic E-state index is -0.981.